The van der Waals surface area contributed by atoms with E-state index in [1.807, 2.05) is 0 Å². The van der Waals surface area contributed by atoms with Gasteiger partial charge in [0.15, 0.2) is 0 Å². The molecular weight excluding hydrogens is 298 g/mol. The van der Waals surface area contributed by atoms with Crippen LogP contribution in [0.4, 0.5) is 0 Å². The highest BCUT2D eigenvalue weighted by molar-refractivity contribution is 7.89. The standard InChI is InChI=1S/C12H17N3O5S/c1-14-7-8(21(13,18)19)6-10(14)11(16)15-5-3-4-9(15)12(17)20-2/h6-7,9H,3-5H2,1-2H3,(H2,13,18,19). The van der Waals surface area contributed by atoms with E-state index < -0.39 is 27.9 Å². The number of esters is 1. The number of ether oxygens (including phenoxy) is 1. The number of amides is 1. The first-order valence-corrected chi connectivity index (χ1v) is 7.88. The van der Waals surface area contributed by atoms with Gasteiger partial charge in [-0.25, -0.2) is 18.4 Å². The van der Waals surface area contributed by atoms with E-state index in [1.165, 1.54) is 28.8 Å². The summed E-state index contributed by atoms with van der Waals surface area (Å²) in [6.45, 7) is 0.425. The summed E-state index contributed by atoms with van der Waals surface area (Å²) in [5.41, 5.74) is 0.162. The minimum Gasteiger partial charge on any atom is -0.467 e. The lowest BCUT2D eigenvalue weighted by Crippen LogP contribution is -2.41. The maximum atomic E-state index is 12.5. The Morgan fingerprint density at radius 1 is 1.43 bits per heavy atom. The van der Waals surface area contributed by atoms with Gasteiger partial charge in [-0.1, -0.05) is 0 Å². The Morgan fingerprint density at radius 3 is 2.62 bits per heavy atom. The molecule has 1 amide bonds. The van der Waals surface area contributed by atoms with Crippen LogP contribution in [0.1, 0.15) is 23.3 Å². The fraction of sp³-hybridized carbons (Fsp3) is 0.500. The van der Waals surface area contributed by atoms with Gasteiger partial charge in [0.1, 0.15) is 16.6 Å². The summed E-state index contributed by atoms with van der Waals surface area (Å²) in [6, 6.07) is 0.583. The van der Waals surface area contributed by atoms with Crippen LogP contribution >= 0.6 is 0 Å². The number of primary sulfonamides is 1. The Balaban J connectivity index is 2.32. The Hall–Kier alpha value is -1.87. The predicted molar refractivity (Wildman–Crippen MR) is 72.9 cm³/mol. The molecular formula is C12H17N3O5S. The van der Waals surface area contributed by atoms with Crippen molar-refractivity contribution in [3.05, 3.63) is 18.0 Å². The molecule has 116 valence electrons. The molecule has 8 nitrogen and oxygen atoms in total. The topological polar surface area (TPSA) is 112 Å². The van der Waals surface area contributed by atoms with Crippen LogP contribution < -0.4 is 5.14 Å². The average molecular weight is 315 g/mol. The van der Waals surface area contributed by atoms with Crippen molar-refractivity contribution in [2.45, 2.75) is 23.8 Å². The molecule has 0 saturated carbocycles. The van der Waals surface area contributed by atoms with E-state index in [1.54, 1.807) is 7.05 Å². The summed E-state index contributed by atoms with van der Waals surface area (Å²) in [4.78, 5) is 25.4. The highest BCUT2D eigenvalue weighted by Gasteiger charge is 2.36. The predicted octanol–water partition coefficient (Wildman–Crippen LogP) is -0.550. The molecule has 21 heavy (non-hydrogen) atoms. The highest BCUT2D eigenvalue weighted by Crippen LogP contribution is 2.22. The van der Waals surface area contributed by atoms with Crippen molar-refractivity contribution in [2.24, 2.45) is 12.2 Å². The van der Waals surface area contributed by atoms with E-state index in [0.717, 1.165) is 0 Å². The van der Waals surface area contributed by atoms with Crippen LogP contribution in [0.2, 0.25) is 0 Å². The number of aryl methyl sites for hydroxylation is 1. The van der Waals surface area contributed by atoms with Crippen LogP contribution in [0.3, 0.4) is 0 Å². The van der Waals surface area contributed by atoms with E-state index in [2.05, 4.69) is 4.74 Å². The van der Waals surface area contributed by atoms with Gasteiger partial charge in [0.25, 0.3) is 5.91 Å². The fourth-order valence-corrected chi connectivity index (χ4v) is 3.02. The second kappa shape index (κ2) is 5.49. The number of hydrogen-bond donors (Lipinski definition) is 1. The largest absolute Gasteiger partial charge is 0.467 e. The molecule has 0 aromatic carbocycles. The summed E-state index contributed by atoms with van der Waals surface area (Å²) in [5, 5.41) is 5.05. The van der Waals surface area contributed by atoms with Crippen molar-refractivity contribution in [3.8, 4) is 0 Å². The first-order chi connectivity index (χ1) is 9.75. The molecule has 2 heterocycles. The maximum absolute atomic E-state index is 12.5. The number of nitrogens with two attached hydrogens (primary N) is 1. The van der Waals surface area contributed by atoms with Crippen molar-refractivity contribution in [1.82, 2.24) is 9.47 Å². The zero-order valence-electron chi connectivity index (χ0n) is 11.8. The molecule has 1 fully saturated rings. The number of carbonyl (C=O) groups is 2. The van der Waals surface area contributed by atoms with Crippen LogP contribution in [0.15, 0.2) is 17.2 Å². The van der Waals surface area contributed by atoms with E-state index in [-0.39, 0.29) is 10.6 Å². The van der Waals surface area contributed by atoms with Crippen molar-refractivity contribution in [2.75, 3.05) is 13.7 Å². The average Bonchev–Trinajstić information content (AvgIpc) is 3.02. The smallest absolute Gasteiger partial charge is 0.328 e. The Kier molecular flexibility index (Phi) is 4.06. The Labute approximate surface area is 122 Å². The number of likely N-dealkylation sites (tertiary alicyclic amines) is 1. The second-order valence-electron chi connectivity index (χ2n) is 4.90. The lowest BCUT2D eigenvalue weighted by Gasteiger charge is -2.22. The normalized spacial score (nSPS) is 18.8. The van der Waals surface area contributed by atoms with Crippen LogP contribution in [0.5, 0.6) is 0 Å². The molecule has 1 aliphatic rings. The molecule has 1 aromatic heterocycles. The lowest BCUT2D eigenvalue weighted by molar-refractivity contribution is -0.145. The summed E-state index contributed by atoms with van der Waals surface area (Å²) >= 11 is 0. The zero-order chi connectivity index (χ0) is 15.8. The van der Waals surface area contributed by atoms with Crippen LogP contribution in [-0.2, 0) is 26.6 Å². The van der Waals surface area contributed by atoms with Gasteiger partial charge in [-0.15, -0.1) is 0 Å². The van der Waals surface area contributed by atoms with Crippen molar-refractivity contribution >= 4 is 21.9 Å². The molecule has 1 aromatic rings. The molecule has 1 unspecified atom stereocenters. The number of carbonyl (C=O) groups excluding carboxylic acids is 2. The molecule has 0 spiro atoms. The lowest BCUT2D eigenvalue weighted by atomic mass is 10.2. The third-order valence-corrected chi connectivity index (χ3v) is 4.39. The molecule has 0 radical (unpaired) electrons. The molecule has 1 saturated heterocycles. The molecule has 2 rings (SSSR count). The SMILES string of the molecule is COC(=O)C1CCCN1C(=O)c1cc(S(N)(=O)=O)cn1C. The number of rotatable bonds is 3. The van der Waals surface area contributed by atoms with Gasteiger partial charge in [-0.3, -0.25) is 4.79 Å². The first-order valence-electron chi connectivity index (χ1n) is 6.33. The molecule has 1 aliphatic heterocycles. The Morgan fingerprint density at radius 2 is 2.10 bits per heavy atom. The number of hydrogen-bond acceptors (Lipinski definition) is 5. The third-order valence-electron chi connectivity index (χ3n) is 3.51. The molecule has 2 N–H and O–H groups in total. The highest BCUT2D eigenvalue weighted by atomic mass is 32.2. The summed E-state index contributed by atoms with van der Waals surface area (Å²) < 4.78 is 28.7. The first kappa shape index (κ1) is 15.5. The van der Waals surface area contributed by atoms with Crippen molar-refractivity contribution < 1.29 is 22.7 Å². The molecule has 0 bridgehead atoms. The molecule has 0 aliphatic carbocycles. The maximum Gasteiger partial charge on any atom is 0.328 e. The van der Waals surface area contributed by atoms with Gasteiger partial charge in [0.2, 0.25) is 10.0 Å². The minimum atomic E-state index is -3.88. The van der Waals surface area contributed by atoms with E-state index in [4.69, 9.17) is 5.14 Å². The van der Waals surface area contributed by atoms with Crippen LogP contribution in [0, 0.1) is 0 Å². The van der Waals surface area contributed by atoms with Gasteiger partial charge in [-0.2, -0.15) is 0 Å². The zero-order valence-corrected chi connectivity index (χ0v) is 12.6. The van der Waals surface area contributed by atoms with Crippen LogP contribution in [0.25, 0.3) is 0 Å². The third kappa shape index (κ3) is 2.93. The van der Waals surface area contributed by atoms with Crippen molar-refractivity contribution in [3.63, 3.8) is 0 Å². The van der Waals surface area contributed by atoms with Gasteiger partial charge < -0.3 is 14.2 Å². The molecule has 9 heteroatoms. The minimum absolute atomic E-state index is 0.137. The number of aromatic nitrogens is 1. The van der Waals surface area contributed by atoms with Gasteiger partial charge in [-0.05, 0) is 18.9 Å². The second-order valence-corrected chi connectivity index (χ2v) is 6.46. The number of nitrogens with zero attached hydrogens (tertiary/aromatic N) is 2. The Bertz CT molecular complexity index is 679. The van der Waals surface area contributed by atoms with Gasteiger partial charge in [0.05, 0.1) is 7.11 Å². The quantitative estimate of drug-likeness (QED) is 0.752. The summed E-state index contributed by atoms with van der Waals surface area (Å²) in [6.07, 6.45) is 2.49. The van der Waals surface area contributed by atoms with Gasteiger partial charge in [0, 0.05) is 19.8 Å². The number of sulfonamides is 1. The van der Waals surface area contributed by atoms with E-state index in [9.17, 15) is 18.0 Å². The number of methoxy groups -OCH3 is 1. The van der Waals surface area contributed by atoms with E-state index in [0.29, 0.717) is 19.4 Å². The van der Waals surface area contributed by atoms with Gasteiger partial charge >= 0.3 is 5.97 Å². The monoisotopic (exact) mass is 315 g/mol. The van der Waals surface area contributed by atoms with E-state index >= 15 is 0 Å². The van der Waals surface area contributed by atoms with Crippen molar-refractivity contribution in [1.29, 1.82) is 0 Å². The van der Waals surface area contributed by atoms with Crippen LogP contribution in [-0.4, -0.2) is 49.5 Å². The summed E-state index contributed by atoms with van der Waals surface area (Å²) in [7, 11) is -1.06. The molecule has 1 atom stereocenters. The fourth-order valence-electron chi connectivity index (χ4n) is 2.44. The summed E-state index contributed by atoms with van der Waals surface area (Å²) in [5.74, 6) is -0.887.